The van der Waals surface area contributed by atoms with E-state index in [0.29, 0.717) is 18.4 Å². The van der Waals surface area contributed by atoms with Gasteiger partial charge in [-0.15, -0.1) is 0 Å². The SMILES string of the molecule is CC1(C)CC(=O)/C(=C/NCCN2CCN(CCO)CC2)C(O)C1. The first-order valence-corrected chi connectivity index (χ1v) is 8.61. The van der Waals surface area contributed by atoms with Crippen molar-refractivity contribution in [3.05, 3.63) is 11.8 Å². The van der Waals surface area contributed by atoms with Crippen LogP contribution in [-0.2, 0) is 4.79 Å². The maximum Gasteiger partial charge on any atom is 0.163 e. The Labute approximate surface area is 139 Å². The molecule has 0 spiro atoms. The summed E-state index contributed by atoms with van der Waals surface area (Å²) in [6.07, 6.45) is 2.20. The molecule has 1 atom stereocenters. The number of nitrogens with one attached hydrogen (secondary N) is 1. The molecule has 0 aromatic rings. The fraction of sp³-hybridized carbons (Fsp3) is 0.824. The van der Waals surface area contributed by atoms with E-state index in [4.69, 9.17) is 5.11 Å². The number of nitrogens with zero attached hydrogens (tertiary/aromatic N) is 2. The molecule has 2 aliphatic rings. The Hall–Kier alpha value is -0.950. The monoisotopic (exact) mass is 325 g/mol. The Kier molecular flexibility index (Phi) is 6.59. The van der Waals surface area contributed by atoms with E-state index in [-0.39, 0.29) is 17.8 Å². The third kappa shape index (κ3) is 5.57. The second-order valence-electron chi connectivity index (χ2n) is 7.44. The van der Waals surface area contributed by atoms with Crippen LogP contribution >= 0.6 is 0 Å². The van der Waals surface area contributed by atoms with Crippen molar-refractivity contribution in [2.75, 3.05) is 52.4 Å². The highest BCUT2D eigenvalue weighted by molar-refractivity contribution is 5.97. The number of aliphatic hydroxyl groups is 2. The Balaban J connectivity index is 1.70. The van der Waals surface area contributed by atoms with Gasteiger partial charge in [-0.05, 0) is 11.8 Å². The van der Waals surface area contributed by atoms with Crippen LogP contribution in [0.3, 0.4) is 0 Å². The van der Waals surface area contributed by atoms with Gasteiger partial charge >= 0.3 is 0 Å². The van der Waals surface area contributed by atoms with E-state index in [1.54, 1.807) is 6.20 Å². The van der Waals surface area contributed by atoms with Crippen molar-refractivity contribution in [3.8, 4) is 0 Å². The quantitative estimate of drug-likeness (QED) is 0.465. The molecule has 23 heavy (non-hydrogen) atoms. The van der Waals surface area contributed by atoms with Gasteiger partial charge in [0.25, 0.3) is 0 Å². The first-order valence-electron chi connectivity index (χ1n) is 8.61. The third-order valence-corrected chi connectivity index (χ3v) is 4.78. The summed E-state index contributed by atoms with van der Waals surface area (Å²) in [4.78, 5) is 16.8. The highest BCUT2D eigenvalue weighted by Crippen LogP contribution is 2.35. The van der Waals surface area contributed by atoms with Crippen LogP contribution in [0.25, 0.3) is 0 Å². The lowest BCUT2D eigenvalue weighted by atomic mass is 9.73. The number of Topliss-reactive ketones (excluding diaryl/α,β-unsaturated/α-hetero) is 1. The number of β-amino-alcohol motifs (C(OH)–C–C–N with tert-alkyl or cyclic N) is 1. The summed E-state index contributed by atoms with van der Waals surface area (Å²) in [5, 5.41) is 22.3. The van der Waals surface area contributed by atoms with E-state index in [0.717, 1.165) is 45.8 Å². The molecule has 1 aliphatic carbocycles. The normalized spacial score (nSPS) is 28.3. The highest BCUT2D eigenvalue weighted by Gasteiger charge is 2.35. The summed E-state index contributed by atoms with van der Waals surface area (Å²) in [6, 6.07) is 0. The largest absolute Gasteiger partial charge is 0.395 e. The van der Waals surface area contributed by atoms with Gasteiger partial charge in [-0.25, -0.2) is 0 Å². The Morgan fingerprint density at radius 3 is 2.39 bits per heavy atom. The summed E-state index contributed by atoms with van der Waals surface area (Å²) in [7, 11) is 0. The van der Waals surface area contributed by atoms with Gasteiger partial charge in [0.2, 0.25) is 0 Å². The van der Waals surface area contributed by atoms with Crippen molar-refractivity contribution in [2.24, 2.45) is 5.41 Å². The number of aliphatic hydroxyl groups excluding tert-OH is 2. The van der Waals surface area contributed by atoms with Crippen molar-refractivity contribution in [1.29, 1.82) is 0 Å². The molecular weight excluding hydrogens is 294 g/mol. The van der Waals surface area contributed by atoms with Crippen LogP contribution in [0.2, 0.25) is 0 Å². The molecule has 2 rings (SSSR count). The van der Waals surface area contributed by atoms with Crippen molar-refractivity contribution in [1.82, 2.24) is 15.1 Å². The number of rotatable bonds is 6. The zero-order valence-corrected chi connectivity index (χ0v) is 14.4. The van der Waals surface area contributed by atoms with E-state index in [9.17, 15) is 9.90 Å². The van der Waals surface area contributed by atoms with Crippen LogP contribution in [0.5, 0.6) is 0 Å². The second kappa shape index (κ2) is 8.24. The lowest BCUT2D eigenvalue weighted by Gasteiger charge is -2.34. The molecule has 6 heteroatoms. The minimum atomic E-state index is -0.652. The van der Waals surface area contributed by atoms with Gasteiger partial charge in [0.1, 0.15) is 0 Å². The number of hydrogen-bond donors (Lipinski definition) is 3. The van der Waals surface area contributed by atoms with Gasteiger partial charge in [-0.1, -0.05) is 13.8 Å². The molecule has 0 bridgehead atoms. The fourth-order valence-corrected chi connectivity index (χ4v) is 3.39. The standard InChI is InChI=1S/C17H31N3O3/c1-17(2)11-15(22)14(16(23)12-17)13-18-3-4-19-5-7-20(8-6-19)9-10-21/h13,15,18,21-22H,3-12H2,1-2H3/b14-13+. The maximum absolute atomic E-state index is 12.1. The maximum atomic E-state index is 12.1. The lowest BCUT2D eigenvalue weighted by Crippen LogP contribution is -2.48. The van der Waals surface area contributed by atoms with Gasteiger partial charge in [0, 0.05) is 64.0 Å². The van der Waals surface area contributed by atoms with Crippen LogP contribution in [0.15, 0.2) is 11.8 Å². The smallest absolute Gasteiger partial charge is 0.163 e. The molecular formula is C17H31N3O3. The van der Waals surface area contributed by atoms with E-state index < -0.39 is 6.10 Å². The molecule has 2 fully saturated rings. The Morgan fingerprint density at radius 2 is 1.83 bits per heavy atom. The Bertz CT molecular complexity index is 429. The first-order chi connectivity index (χ1) is 10.9. The summed E-state index contributed by atoms with van der Waals surface area (Å²) < 4.78 is 0. The number of piperazine rings is 1. The molecule has 0 aromatic heterocycles. The highest BCUT2D eigenvalue weighted by atomic mass is 16.3. The topological polar surface area (TPSA) is 76.0 Å². The zero-order valence-electron chi connectivity index (χ0n) is 14.4. The molecule has 1 saturated heterocycles. The fourth-order valence-electron chi connectivity index (χ4n) is 3.39. The van der Waals surface area contributed by atoms with Crippen molar-refractivity contribution >= 4 is 5.78 Å². The average Bonchev–Trinajstić information content (AvgIpc) is 2.46. The number of carbonyl (C=O) groups is 1. The number of hydrogen-bond acceptors (Lipinski definition) is 6. The molecule has 132 valence electrons. The van der Waals surface area contributed by atoms with E-state index in [1.807, 2.05) is 13.8 Å². The van der Waals surface area contributed by atoms with E-state index in [2.05, 4.69) is 15.1 Å². The summed E-state index contributed by atoms with van der Waals surface area (Å²) in [5.41, 5.74) is 0.416. The minimum absolute atomic E-state index is 0.0545. The predicted molar refractivity (Wildman–Crippen MR) is 90.1 cm³/mol. The van der Waals surface area contributed by atoms with Crippen LogP contribution < -0.4 is 5.32 Å². The van der Waals surface area contributed by atoms with Gasteiger partial charge in [0.15, 0.2) is 5.78 Å². The molecule has 1 aliphatic heterocycles. The van der Waals surface area contributed by atoms with Gasteiger partial charge in [0.05, 0.1) is 12.7 Å². The first kappa shape index (κ1) is 18.4. The van der Waals surface area contributed by atoms with E-state index >= 15 is 0 Å². The van der Waals surface area contributed by atoms with Crippen molar-refractivity contribution in [3.63, 3.8) is 0 Å². The molecule has 0 amide bonds. The van der Waals surface area contributed by atoms with E-state index in [1.165, 1.54) is 0 Å². The number of carbonyl (C=O) groups excluding carboxylic acids is 1. The van der Waals surface area contributed by atoms with Gasteiger partial charge < -0.3 is 15.5 Å². The van der Waals surface area contributed by atoms with Crippen LogP contribution in [0, 0.1) is 5.41 Å². The summed E-state index contributed by atoms with van der Waals surface area (Å²) in [6.45, 7) is 10.7. The average molecular weight is 325 g/mol. The summed E-state index contributed by atoms with van der Waals surface area (Å²) >= 11 is 0. The molecule has 6 nitrogen and oxygen atoms in total. The second-order valence-corrected chi connectivity index (χ2v) is 7.44. The molecule has 3 N–H and O–H groups in total. The third-order valence-electron chi connectivity index (χ3n) is 4.78. The minimum Gasteiger partial charge on any atom is -0.395 e. The molecule has 1 heterocycles. The lowest BCUT2D eigenvalue weighted by molar-refractivity contribution is -0.121. The molecule has 0 radical (unpaired) electrons. The predicted octanol–water partition coefficient (Wildman–Crippen LogP) is -0.180. The van der Waals surface area contributed by atoms with Gasteiger partial charge in [-0.2, -0.15) is 0 Å². The van der Waals surface area contributed by atoms with Crippen LogP contribution in [0.4, 0.5) is 0 Å². The van der Waals surface area contributed by atoms with Crippen LogP contribution in [0.1, 0.15) is 26.7 Å². The van der Waals surface area contributed by atoms with Crippen molar-refractivity contribution in [2.45, 2.75) is 32.8 Å². The molecule has 1 saturated carbocycles. The van der Waals surface area contributed by atoms with Gasteiger partial charge in [-0.3, -0.25) is 14.6 Å². The molecule has 0 aromatic carbocycles. The zero-order chi connectivity index (χ0) is 16.9. The van der Waals surface area contributed by atoms with Crippen molar-refractivity contribution < 1.29 is 15.0 Å². The van der Waals surface area contributed by atoms with Crippen LogP contribution in [-0.4, -0.2) is 84.3 Å². The Morgan fingerprint density at radius 1 is 1.22 bits per heavy atom. The summed E-state index contributed by atoms with van der Waals surface area (Å²) in [5.74, 6) is 0.0545. The number of ketones is 1. The molecule has 1 unspecified atom stereocenters.